The van der Waals surface area contributed by atoms with Crippen LogP contribution in [0.3, 0.4) is 0 Å². The van der Waals surface area contributed by atoms with Gasteiger partial charge in [0.15, 0.2) is 0 Å². The first-order chi connectivity index (χ1) is 29.3. The molecule has 0 spiro atoms. The third kappa shape index (κ3) is 9.37. The Morgan fingerprint density at radius 3 is 2.23 bits per heavy atom. The van der Waals surface area contributed by atoms with Crippen molar-refractivity contribution in [1.82, 2.24) is 9.80 Å². The molecule has 4 aliphatic rings. The summed E-state index contributed by atoms with van der Waals surface area (Å²) in [5, 5.41) is 10.0. The molecule has 6 aromatic rings. The molecule has 12 heteroatoms. The van der Waals surface area contributed by atoms with Crippen molar-refractivity contribution in [1.29, 1.82) is 0 Å². The second-order valence-electron chi connectivity index (χ2n) is 15.8. The van der Waals surface area contributed by atoms with E-state index in [-0.39, 0.29) is 5.75 Å². The smallest absolute Gasteiger partial charge is 0.417 e. The molecule has 0 bridgehead atoms. The fraction of sp³-hybridized carbons (Fsp3) is 0.292. The second kappa shape index (κ2) is 18.1. The number of anilines is 2. The van der Waals surface area contributed by atoms with Gasteiger partial charge in [0.2, 0.25) is 0 Å². The van der Waals surface area contributed by atoms with Crippen molar-refractivity contribution in [3.05, 3.63) is 130 Å². The molecule has 2 aromatic heterocycles. The summed E-state index contributed by atoms with van der Waals surface area (Å²) in [4.78, 5) is 29.7. The molecule has 10 rings (SSSR count). The molecule has 4 aliphatic heterocycles. The fourth-order valence-electron chi connectivity index (χ4n) is 8.95. The number of benzene rings is 4. The minimum atomic E-state index is -0.666. The number of furan rings is 1. The van der Waals surface area contributed by atoms with Crippen LogP contribution in [0.25, 0.3) is 32.2 Å². The summed E-state index contributed by atoms with van der Waals surface area (Å²) in [6.45, 7) is 4.44. The van der Waals surface area contributed by atoms with Crippen molar-refractivity contribution < 1.29 is 27.9 Å². The topological polar surface area (TPSA) is 96.3 Å². The van der Waals surface area contributed by atoms with Crippen molar-refractivity contribution in [2.24, 2.45) is 0 Å². The van der Waals surface area contributed by atoms with Crippen LogP contribution in [0.15, 0.2) is 118 Å². The number of nitrogens with zero attached hydrogens (tertiary/aromatic N) is 2. The number of carbonyl (C=O) groups excluding carboxylic acids is 2. The first-order valence-electron chi connectivity index (χ1n) is 20.7. The minimum absolute atomic E-state index is 0.155. The van der Waals surface area contributed by atoms with Gasteiger partial charge in [-0.2, -0.15) is 0 Å². The van der Waals surface area contributed by atoms with Crippen LogP contribution in [0, 0.1) is 5.82 Å². The molecular formula is C48H46BrFN4O5S. The molecule has 2 unspecified atom stereocenters. The predicted octanol–water partition coefficient (Wildman–Crippen LogP) is 12.7. The van der Waals surface area contributed by atoms with E-state index in [0.29, 0.717) is 23.5 Å². The zero-order chi connectivity index (χ0) is 41.0. The lowest BCUT2D eigenvalue weighted by Gasteiger charge is -2.33. The number of ether oxygens (including phenoxy) is 2. The molecule has 2 N–H and O–H groups in total. The van der Waals surface area contributed by atoms with Crippen molar-refractivity contribution in [2.45, 2.75) is 63.5 Å². The number of fused-ring (bicyclic) bond motifs is 4. The molecule has 9 nitrogen and oxygen atoms in total. The summed E-state index contributed by atoms with van der Waals surface area (Å²) in [6, 6.07) is 25.7. The van der Waals surface area contributed by atoms with Crippen molar-refractivity contribution in [3.63, 3.8) is 0 Å². The third-order valence-electron chi connectivity index (χ3n) is 11.9. The maximum absolute atomic E-state index is 13.3. The highest BCUT2D eigenvalue weighted by Gasteiger charge is 2.29. The number of piperidine rings is 1. The molecule has 0 radical (unpaired) electrons. The molecule has 6 heterocycles. The van der Waals surface area contributed by atoms with Crippen molar-refractivity contribution in [2.75, 3.05) is 36.8 Å². The van der Waals surface area contributed by atoms with E-state index in [1.807, 2.05) is 36.6 Å². The molecule has 60 heavy (non-hydrogen) atoms. The monoisotopic (exact) mass is 888 g/mol. The van der Waals surface area contributed by atoms with Crippen LogP contribution >= 0.6 is 27.3 Å². The summed E-state index contributed by atoms with van der Waals surface area (Å²) >= 11 is 5.15. The Bertz CT molecular complexity index is 2600. The Hall–Kier alpha value is -5.27. The Labute approximate surface area is 361 Å². The molecule has 0 saturated carbocycles. The van der Waals surface area contributed by atoms with Gasteiger partial charge >= 0.3 is 12.2 Å². The zero-order valence-electron chi connectivity index (χ0n) is 33.1. The molecular weight excluding hydrogens is 844 g/mol. The van der Waals surface area contributed by atoms with E-state index in [4.69, 9.17) is 13.9 Å². The number of rotatable bonds is 6. The quantitative estimate of drug-likeness (QED) is 0.172. The minimum Gasteiger partial charge on any atom is -0.464 e. The van der Waals surface area contributed by atoms with Gasteiger partial charge < -0.3 is 13.9 Å². The van der Waals surface area contributed by atoms with Crippen LogP contribution in [0.2, 0.25) is 0 Å². The standard InChI is InChI=1S/C25H25FN2O3.C23H21BrN2O2S/c26-18-4-3-6-21(14-18)31-25(29)27-19-8-10-24-22(15-19)23(16-30-24)17-7-9-20-5-1-2-12-28(20)13-11-17;24-16-3-1-5-19(12-16)28-23(27)25-17-6-7-22-20(13-17)21(14-29-22)15-8-10-26-9-2-4-18(26)11-15/h3-4,6,8,10-11,14-16,20H,1-2,5,7,9,12-13H2,(H,27,29);1,3,5-8,12-14,18H,2,4,9-11H2,(H,25,27). The largest absolute Gasteiger partial charge is 0.464 e. The van der Waals surface area contributed by atoms with Gasteiger partial charge in [0.05, 0.1) is 6.26 Å². The molecule has 2 atom stereocenters. The van der Waals surface area contributed by atoms with Crippen LogP contribution in [0.1, 0.15) is 62.5 Å². The number of amides is 2. The summed E-state index contributed by atoms with van der Waals surface area (Å²) in [5.41, 5.74) is 7.25. The summed E-state index contributed by atoms with van der Waals surface area (Å²) < 4.78 is 31.8. The van der Waals surface area contributed by atoms with Crippen molar-refractivity contribution >= 4 is 83.0 Å². The Morgan fingerprint density at radius 2 is 1.43 bits per heavy atom. The number of carbonyl (C=O) groups is 2. The molecule has 2 amide bonds. The number of thiophene rings is 1. The SMILES string of the molecule is O=C(Nc1ccc2occ(C3=CCN4CCCCC4CC3)c2c1)Oc1cccc(F)c1.O=C(Nc1ccc2scc(C3=CCN4CCCC4C3)c2c1)Oc1cccc(Br)c1. The van der Waals surface area contributed by atoms with E-state index in [2.05, 4.69) is 66.0 Å². The van der Waals surface area contributed by atoms with Gasteiger partial charge in [0.25, 0.3) is 0 Å². The fourth-order valence-corrected chi connectivity index (χ4v) is 10.3. The number of hydrogen-bond acceptors (Lipinski definition) is 8. The summed E-state index contributed by atoms with van der Waals surface area (Å²) in [7, 11) is 0. The highest BCUT2D eigenvalue weighted by atomic mass is 79.9. The first-order valence-corrected chi connectivity index (χ1v) is 22.4. The van der Waals surface area contributed by atoms with Gasteiger partial charge in [0.1, 0.15) is 22.9 Å². The zero-order valence-corrected chi connectivity index (χ0v) is 35.5. The molecule has 2 fully saturated rings. The first kappa shape index (κ1) is 40.2. The van der Waals surface area contributed by atoms with E-state index >= 15 is 0 Å². The molecule has 2 saturated heterocycles. The Kier molecular flexibility index (Phi) is 12.1. The van der Waals surface area contributed by atoms with Crippen LogP contribution < -0.4 is 20.1 Å². The van der Waals surface area contributed by atoms with E-state index in [9.17, 15) is 14.0 Å². The van der Waals surface area contributed by atoms with E-state index in [0.717, 1.165) is 59.0 Å². The number of hydrogen-bond donors (Lipinski definition) is 2. The molecule has 308 valence electrons. The highest BCUT2D eigenvalue weighted by molar-refractivity contribution is 9.10. The van der Waals surface area contributed by atoms with Crippen LogP contribution in [0.5, 0.6) is 11.5 Å². The predicted molar refractivity (Wildman–Crippen MR) is 241 cm³/mol. The Morgan fingerprint density at radius 1 is 0.733 bits per heavy atom. The maximum Gasteiger partial charge on any atom is 0.417 e. The van der Waals surface area contributed by atoms with Crippen molar-refractivity contribution in [3.8, 4) is 11.5 Å². The highest BCUT2D eigenvalue weighted by Crippen LogP contribution is 2.39. The van der Waals surface area contributed by atoms with Crippen LogP contribution in [0.4, 0.5) is 25.4 Å². The van der Waals surface area contributed by atoms with Gasteiger partial charge in [-0.3, -0.25) is 20.4 Å². The summed E-state index contributed by atoms with van der Waals surface area (Å²) in [5.74, 6) is 0.202. The van der Waals surface area contributed by atoms with Gasteiger partial charge in [-0.15, -0.1) is 11.3 Å². The maximum atomic E-state index is 13.3. The molecule has 4 aromatic carbocycles. The van der Waals surface area contributed by atoms with Gasteiger partial charge in [-0.1, -0.05) is 46.6 Å². The van der Waals surface area contributed by atoms with E-state index in [1.54, 1.807) is 29.5 Å². The summed E-state index contributed by atoms with van der Waals surface area (Å²) in [6.07, 6.45) is 15.2. The van der Waals surface area contributed by atoms with E-state index < -0.39 is 18.0 Å². The third-order valence-corrected chi connectivity index (χ3v) is 13.4. The molecule has 0 aliphatic carbocycles. The lowest BCUT2D eigenvalue weighted by Crippen LogP contribution is -2.38. The Balaban J connectivity index is 0.000000154. The number of allylic oxidation sites excluding steroid dienone is 1. The van der Waals surface area contributed by atoms with Gasteiger partial charge in [-0.25, -0.2) is 14.0 Å². The lowest BCUT2D eigenvalue weighted by atomic mass is 9.94. The van der Waals surface area contributed by atoms with E-state index in [1.165, 1.54) is 96.3 Å². The average molecular weight is 890 g/mol. The van der Waals surface area contributed by atoms with Crippen LogP contribution in [-0.2, 0) is 0 Å². The normalized spacial score (nSPS) is 19.2. The van der Waals surface area contributed by atoms with Gasteiger partial charge in [0, 0.05) is 68.1 Å². The number of nitrogens with one attached hydrogen (secondary N) is 2. The number of halogens is 2. The average Bonchev–Trinajstić information content (AvgIpc) is 3.96. The lowest BCUT2D eigenvalue weighted by molar-refractivity contribution is 0.161. The van der Waals surface area contributed by atoms with Crippen LogP contribution in [-0.4, -0.2) is 60.2 Å². The second-order valence-corrected chi connectivity index (χ2v) is 17.6. The van der Waals surface area contributed by atoms with Gasteiger partial charge in [-0.05, 0) is 147 Å².